The van der Waals surface area contributed by atoms with Gasteiger partial charge in [0, 0.05) is 12.1 Å². The first-order valence-corrected chi connectivity index (χ1v) is 9.64. The van der Waals surface area contributed by atoms with Gasteiger partial charge in [0.25, 0.3) is 0 Å². The minimum Gasteiger partial charge on any atom is -0.493 e. The van der Waals surface area contributed by atoms with E-state index < -0.39 is 0 Å². The molecule has 0 radical (unpaired) electrons. The van der Waals surface area contributed by atoms with E-state index in [1.54, 1.807) is 23.8 Å². The number of rotatable bonds is 8. The van der Waals surface area contributed by atoms with Gasteiger partial charge in [-0.25, -0.2) is 0 Å². The third kappa shape index (κ3) is 5.07. The lowest BCUT2D eigenvalue weighted by molar-refractivity contribution is -0.121. The van der Waals surface area contributed by atoms with Crippen LogP contribution in [0.3, 0.4) is 0 Å². The summed E-state index contributed by atoms with van der Waals surface area (Å²) in [6, 6.07) is 13.3. The molecule has 0 aliphatic heterocycles. The van der Waals surface area contributed by atoms with Gasteiger partial charge in [-0.3, -0.25) is 14.5 Å². The molecule has 0 saturated carbocycles. The van der Waals surface area contributed by atoms with Gasteiger partial charge in [-0.15, -0.1) is 6.42 Å². The van der Waals surface area contributed by atoms with E-state index >= 15 is 0 Å². The summed E-state index contributed by atoms with van der Waals surface area (Å²) >= 11 is 5.31. The highest BCUT2D eigenvalue weighted by Gasteiger charge is 2.13. The van der Waals surface area contributed by atoms with Crippen molar-refractivity contribution in [2.24, 2.45) is 0 Å². The zero-order chi connectivity index (χ0) is 21.5. The van der Waals surface area contributed by atoms with Crippen LogP contribution in [0.5, 0.6) is 11.5 Å². The van der Waals surface area contributed by atoms with Gasteiger partial charge in [0.15, 0.2) is 22.1 Å². The molecule has 3 aromatic rings. The Morgan fingerprint density at radius 3 is 2.87 bits per heavy atom. The van der Waals surface area contributed by atoms with Gasteiger partial charge < -0.3 is 14.8 Å². The highest BCUT2D eigenvalue weighted by molar-refractivity contribution is 7.71. The van der Waals surface area contributed by atoms with Crippen LogP contribution in [-0.2, 0) is 17.9 Å². The Kier molecular flexibility index (Phi) is 6.88. The van der Waals surface area contributed by atoms with Crippen molar-refractivity contribution in [2.75, 3.05) is 13.7 Å². The van der Waals surface area contributed by atoms with E-state index in [0.29, 0.717) is 28.6 Å². The Hall–Kier alpha value is -3.57. The van der Waals surface area contributed by atoms with Crippen molar-refractivity contribution in [3.05, 3.63) is 58.4 Å². The molecule has 0 bridgehead atoms. The summed E-state index contributed by atoms with van der Waals surface area (Å²) in [6.07, 6.45) is 5.25. The van der Waals surface area contributed by atoms with Gasteiger partial charge in [-0.1, -0.05) is 35.7 Å². The number of ether oxygens (including phenoxy) is 2. The Labute approximate surface area is 180 Å². The van der Waals surface area contributed by atoms with E-state index in [2.05, 4.69) is 21.4 Å². The summed E-state index contributed by atoms with van der Waals surface area (Å²) < 4.78 is 12.8. The number of aryl methyl sites for hydroxylation is 1. The first-order chi connectivity index (χ1) is 14.5. The Balaban J connectivity index is 1.70. The topological polar surface area (TPSA) is 81.2 Å². The molecule has 0 aliphatic carbocycles. The van der Waals surface area contributed by atoms with Gasteiger partial charge in [0.1, 0.15) is 13.2 Å². The minimum atomic E-state index is -0.191. The molecule has 154 valence electrons. The van der Waals surface area contributed by atoms with Crippen molar-refractivity contribution in [1.29, 1.82) is 0 Å². The maximum atomic E-state index is 12.6. The molecule has 7 nitrogen and oxygen atoms in total. The van der Waals surface area contributed by atoms with Gasteiger partial charge in [-0.2, -0.15) is 5.10 Å². The molecule has 1 aromatic heterocycles. The van der Waals surface area contributed by atoms with Crippen LogP contribution in [0.15, 0.2) is 42.5 Å². The third-order valence-corrected chi connectivity index (χ3v) is 4.68. The second-order valence-electron chi connectivity index (χ2n) is 6.56. The monoisotopic (exact) mass is 422 g/mol. The summed E-state index contributed by atoms with van der Waals surface area (Å²) in [5, 5.41) is 9.93. The number of carbonyl (C=O) groups excluding carboxylic acids is 1. The van der Waals surface area contributed by atoms with Crippen LogP contribution in [0.25, 0.3) is 11.4 Å². The van der Waals surface area contributed by atoms with Crippen molar-refractivity contribution in [3.63, 3.8) is 0 Å². The lowest BCUT2D eigenvalue weighted by Gasteiger charge is -2.12. The molecule has 2 N–H and O–H groups in total. The number of terminal acetylenes is 1. The maximum absolute atomic E-state index is 12.6. The molecule has 0 aliphatic rings. The van der Waals surface area contributed by atoms with Crippen LogP contribution in [0.1, 0.15) is 11.1 Å². The third-order valence-electron chi connectivity index (χ3n) is 4.36. The fraction of sp³-hybridized carbons (Fsp3) is 0.227. The van der Waals surface area contributed by atoms with Gasteiger partial charge in [-0.05, 0) is 42.9 Å². The van der Waals surface area contributed by atoms with Crippen LogP contribution in [-0.4, -0.2) is 34.4 Å². The average molecular weight is 423 g/mol. The number of aromatic amines is 1. The van der Waals surface area contributed by atoms with Gasteiger partial charge in [0.05, 0.1) is 7.11 Å². The van der Waals surface area contributed by atoms with Crippen LogP contribution in [0.4, 0.5) is 0 Å². The zero-order valence-corrected chi connectivity index (χ0v) is 17.6. The summed E-state index contributed by atoms with van der Waals surface area (Å²) in [7, 11) is 1.56. The molecule has 0 unspecified atom stereocenters. The maximum Gasteiger partial charge on any atom is 0.240 e. The van der Waals surface area contributed by atoms with Crippen molar-refractivity contribution in [3.8, 4) is 35.2 Å². The summed E-state index contributed by atoms with van der Waals surface area (Å²) in [4.78, 5) is 12.6. The van der Waals surface area contributed by atoms with Gasteiger partial charge >= 0.3 is 0 Å². The lowest BCUT2D eigenvalue weighted by Crippen LogP contribution is -2.27. The highest BCUT2D eigenvalue weighted by Crippen LogP contribution is 2.28. The number of methoxy groups -OCH3 is 1. The SMILES string of the molecule is C#CCOc1cc(CNC(=O)Cn2c(-c3cccc(C)c3)n[nH]c2=S)ccc1OC. The minimum absolute atomic E-state index is 0.0508. The molecule has 1 heterocycles. The molecule has 8 heteroatoms. The summed E-state index contributed by atoms with van der Waals surface area (Å²) in [5.74, 6) is 3.95. The molecule has 0 atom stereocenters. The Bertz CT molecular complexity index is 1140. The van der Waals surface area contributed by atoms with Crippen molar-refractivity contribution < 1.29 is 14.3 Å². The highest BCUT2D eigenvalue weighted by atomic mass is 32.1. The first kappa shape index (κ1) is 21.1. The smallest absolute Gasteiger partial charge is 0.240 e. The number of hydrogen-bond donors (Lipinski definition) is 2. The van der Waals surface area contributed by atoms with E-state index in [1.807, 2.05) is 37.3 Å². The molecular weight excluding hydrogens is 400 g/mol. The zero-order valence-electron chi connectivity index (χ0n) is 16.8. The first-order valence-electron chi connectivity index (χ1n) is 9.24. The van der Waals surface area contributed by atoms with E-state index in [0.717, 1.165) is 16.7 Å². The number of amides is 1. The second-order valence-corrected chi connectivity index (χ2v) is 6.95. The van der Waals surface area contributed by atoms with Crippen molar-refractivity contribution in [1.82, 2.24) is 20.1 Å². The van der Waals surface area contributed by atoms with Crippen LogP contribution < -0.4 is 14.8 Å². The van der Waals surface area contributed by atoms with E-state index in [9.17, 15) is 4.79 Å². The van der Waals surface area contributed by atoms with Crippen molar-refractivity contribution in [2.45, 2.75) is 20.0 Å². The molecule has 0 saturated heterocycles. The molecule has 2 aromatic carbocycles. The van der Waals surface area contributed by atoms with Crippen molar-refractivity contribution >= 4 is 18.1 Å². The van der Waals surface area contributed by atoms with Gasteiger partial charge in [0.2, 0.25) is 5.91 Å². The quantitative estimate of drug-likeness (QED) is 0.430. The average Bonchev–Trinajstić information content (AvgIpc) is 3.11. The number of benzene rings is 2. The normalized spacial score (nSPS) is 10.3. The molecule has 3 rings (SSSR count). The van der Waals surface area contributed by atoms with Crippen LogP contribution >= 0.6 is 12.2 Å². The number of H-pyrrole nitrogens is 1. The standard InChI is InChI=1S/C22H22N4O3S/c1-4-10-29-19-12-16(8-9-18(19)28-3)13-23-20(27)14-26-21(24-25-22(26)30)17-7-5-6-15(2)11-17/h1,5-9,11-12H,10,13-14H2,2-3H3,(H,23,27)(H,25,30). The molecule has 1 amide bonds. The van der Waals surface area contributed by atoms with Crippen LogP contribution in [0.2, 0.25) is 0 Å². The Morgan fingerprint density at radius 1 is 1.30 bits per heavy atom. The fourth-order valence-electron chi connectivity index (χ4n) is 2.93. The lowest BCUT2D eigenvalue weighted by atomic mass is 10.1. The number of nitrogens with one attached hydrogen (secondary N) is 2. The number of nitrogens with zero attached hydrogens (tertiary/aromatic N) is 2. The fourth-order valence-corrected chi connectivity index (χ4v) is 3.13. The predicted octanol–water partition coefficient (Wildman–Crippen LogP) is 3.25. The molecule has 30 heavy (non-hydrogen) atoms. The van der Waals surface area contributed by atoms with E-state index in [4.69, 9.17) is 28.1 Å². The largest absolute Gasteiger partial charge is 0.493 e. The summed E-state index contributed by atoms with van der Waals surface area (Å²) in [6.45, 7) is 2.50. The number of carbonyl (C=O) groups is 1. The molecule has 0 fully saturated rings. The molecular formula is C22H22N4O3S. The summed E-state index contributed by atoms with van der Waals surface area (Å²) in [5.41, 5.74) is 2.84. The van der Waals surface area contributed by atoms with E-state index in [1.165, 1.54) is 0 Å². The second kappa shape index (κ2) is 9.76. The van der Waals surface area contributed by atoms with Crippen LogP contribution in [0, 0.1) is 24.0 Å². The number of aromatic nitrogens is 3. The molecule has 0 spiro atoms. The predicted molar refractivity (Wildman–Crippen MR) is 117 cm³/mol. The Morgan fingerprint density at radius 2 is 2.13 bits per heavy atom. The number of hydrogen-bond acceptors (Lipinski definition) is 5. The van der Waals surface area contributed by atoms with E-state index in [-0.39, 0.29) is 19.1 Å².